The van der Waals surface area contributed by atoms with Gasteiger partial charge in [0, 0.05) is 44.8 Å². The third kappa shape index (κ3) is 6.06. The molecule has 3 N–H and O–H groups in total. The SMILES string of the molecule is Cn1ccc(NC(=O)C2(n3ccnc3)CCN(C(=O)c3ccco3)CC2)n1.O=CO.O=CO. The second kappa shape index (κ2) is 11.8. The van der Waals surface area contributed by atoms with E-state index >= 15 is 0 Å². The number of hydrogen-bond acceptors (Lipinski definition) is 7. The van der Waals surface area contributed by atoms with Crippen LogP contribution in [-0.2, 0) is 27.0 Å². The molecule has 0 spiro atoms. The van der Waals surface area contributed by atoms with Crippen LogP contribution in [0.2, 0.25) is 0 Å². The summed E-state index contributed by atoms with van der Waals surface area (Å²) in [6.07, 6.45) is 9.25. The van der Waals surface area contributed by atoms with Crippen LogP contribution in [0.4, 0.5) is 5.82 Å². The van der Waals surface area contributed by atoms with E-state index < -0.39 is 5.54 Å². The second-order valence-corrected chi connectivity index (χ2v) is 6.81. The van der Waals surface area contributed by atoms with Crippen molar-refractivity contribution in [3.8, 4) is 0 Å². The summed E-state index contributed by atoms with van der Waals surface area (Å²) >= 11 is 0. The average Bonchev–Trinajstić information content (AvgIpc) is 3.58. The first-order valence-corrected chi connectivity index (χ1v) is 9.70. The maximum absolute atomic E-state index is 13.2. The van der Waals surface area contributed by atoms with E-state index in [1.165, 1.54) is 6.26 Å². The number of carbonyl (C=O) groups excluding carboxylic acids is 2. The number of carbonyl (C=O) groups is 4. The molecule has 176 valence electrons. The summed E-state index contributed by atoms with van der Waals surface area (Å²) in [5.41, 5.74) is -0.825. The summed E-state index contributed by atoms with van der Waals surface area (Å²) in [5.74, 6) is 0.479. The van der Waals surface area contributed by atoms with Gasteiger partial charge < -0.3 is 29.4 Å². The van der Waals surface area contributed by atoms with Crippen molar-refractivity contribution < 1.29 is 33.8 Å². The Kier molecular flexibility index (Phi) is 8.91. The number of amides is 2. The van der Waals surface area contributed by atoms with Crippen LogP contribution in [0.5, 0.6) is 0 Å². The van der Waals surface area contributed by atoms with Gasteiger partial charge >= 0.3 is 0 Å². The predicted molar refractivity (Wildman–Crippen MR) is 113 cm³/mol. The normalized spacial score (nSPS) is 14.0. The van der Waals surface area contributed by atoms with Gasteiger partial charge in [-0.05, 0) is 25.0 Å². The van der Waals surface area contributed by atoms with Crippen LogP contribution < -0.4 is 5.32 Å². The summed E-state index contributed by atoms with van der Waals surface area (Å²) in [6.45, 7) is 0.376. The van der Waals surface area contributed by atoms with Crippen molar-refractivity contribution in [2.75, 3.05) is 18.4 Å². The number of rotatable bonds is 4. The maximum Gasteiger partial charge on any atom is 0.290 e. The second-order valence-electron chi connectivity index (χ2n) is 6.81. The first-order chi connectivity index (χ1) is 15.9. The van der Waals surface area contributed by atoms with E-state index in [2.05, 4.69) is 15.4 Å². The van der Waals surface area contributed by atoms with Crippen molar-refractivity contribution >= 4 is 30.6 Å². The molecule has 1 fully saturated rings. The minimum atomic E-state index is -0.825. The Balaban J connectivity index is 0.000000582. The van der Waals surface area contributed by atoms with Gasteiger partial charge in [0.25, 0.3) is 24.8 Å². The molecule has 2 amide bonds. The molecule has 3 aromatic rings. The van der Waals surface area contributed by atoms with Gasteiger partial charge in [-0.3, -0.25) is 23.9 Å². The maximum atomic E-state index is 13.2. The molecule has 33 heavy (non-hydrogen) atoms. The average molecular weight is 460 g/mol. The van der Waals surface area contributed by atoms with Crippen LogP contribution >= 0.6 is 0 Å². The first-order valence-electron chi connectivity index (χ1n) is 9.70. The van der Waals surface area contributed by atoms with Crippen molar-refractivity contribution in [3.05, 3.63) is 55.1 Å². The first kappa shape index (κ1) is 24.8. The number of piperidine rings is 1. The molecule has 4 heterocycles. The van der Waals surface area contributed by atoms with Gasteiger partial charge in [-0.1, -0.05) is 0 Å². The Morgan fingerprint density at radius 2 is 1.82 bits per heavy atom. The zero-order valence-electron chi connectivity index (χ0n) is 17.8. The zero-order chi connectivity index (χ0) is 24.3. The van der Waals surface area contributed by atoms with Crippen LogP contribution in [0, 0.1) is 0 Å². The van der Waals surface area contributed by atoms with E-state index in [0.717, 1.165) is 0 Å². The van der Waals surface area contributed by atoms with Crippen LogP contribution in [0.3, 0.4) is 0 Å². The van der Waals surface area contributed by atoms with Gasteiger partial charge in [0.2, 0.25) is 0 Å². The third-order valence-corrected chi connectivity index (χ3v) is 4.99. The number of likely N-dealkylation sites (tertiary alicyclic amines) is 1. The number of imidazole rings is 1. The summed E-state index contributed by atoms with van der Waals surface area (Å²) in [4.78, 5) is 48.2. The van der Waals surface area contributed by atoms with Crippen molar-refractivity contribution in [2.24, 2.45) is 7.05 Å². The number of nitrogens with zero attached hydrogens (tertiary/aromatic N) is 5. The third-order valence-electron chi connectivity index (χ3n) is 4.99. The molecule has 13 heteroatoms. The Morgan fingerprint density at radius 3 is 2.30 bits per heavy atom. The summed E-state index contributed by atoms with van der Waals surface area (Å²) in [7, 11) is 1.79. The quantitative estimate of drug-likeness (QED) is 0.478. The predicted octanol–water partition coefficient (Wildman–Crippen LogP) is 0.881. The van der Waals surface area contributed by atoms with Gasteiger partial charge in [0.05, 0.1) is 12.6 Å². The molecule has 0 atom stereocenters. The molecule has 0 aromatic carbocycles. The highest BCUT2D eigenvalue weighted by molar-refractivity contribution is 5.96. The standard InChI is InChI=1S/C18H20N6O3.2CH2O2/c1-22-8-4-15(21-22)20-17(26)18(24-11-7-19-13-24)5-9-23(10-6-18)16(25)14-3-2-12-27-14;2*2-1-3/h2-4,7-8,11-13H,5-6,9-10H2,1H3,(H,20,21,26);2*1H,(H,2,3). The molecule has 4 rings (SSSR count). The minimum absolute atomic E-state index is 0.163. The van der Waals surface area contributed by atoms with Gasteiger partial charge in [-0.15, -0.1) is 0 Å². The number of carboxylic acid groups (broad SMARTS) is 2. The fourth-order valence-corrected chi connectivity index (χ4v) is 3.47. The molecule has 3 aromatic heterocycles. The van der Waals surface area contributed by atoms with E-state index in [1.54, 1.807) is 59.7 Å². The van der Waals surface area contributed by atoms with Gasteiger partial charge in [-0.2, -0.15) is 5.10 Å². The summed E-state index contributed by atoms with van der Waals surface area (Å²) < 4.78 is 8.65. The minimum Gasteiger partial charge on any atom is -0.483 e. The molecule has 0 bridgehead atoms. The molecule has 1 aliphatic heterocycles. The van der Waals surface area contributed by atoms with E-state index in [4.69, 9.17) is 24.2 Å². The lowest BCUT2D eigenvalue weighted by Crippen LogP contribution is -2.54. The fourth-order valence-electron chi connectivity index (χ4n) is 3.47. The topological polar surface area (TPSA) is 173 Å². The molecular formula is C20H24N6O7. The Bertz CT molecular complexity index is 1020. The van der Waals surface area contributed by atoms with E-state index in [1.807, 2.05) is 4.57 Å². The number of furan rings is 1. The Labute approximate surface area is 188 Å². The van der Waals surface area contributed by atoms with Crippen molar-refractivity contribution in [2.45, 2.75) is 18.4 Å². The van der Waals surface area contributed by atoms with Crippen LogP contribution in [0.1, 0.15) is 23.4 Å². The number of anilines is 1. The van der Waals surface area contributed by atoms with Gasteiger partial charge in [0.1, 0.15) is 5.54 Å². The van der Waals surface area contributed by atoms with Crippen LogP contribution in [0.25, 0.3) is 0 Å². The Hall–Kier alpha value is -4.42. The van der Waals surface area contributed by atoms with Crippen LogP contribution in [0.15, 0.2) is 53.8 Å². The molecule has 0 radical (unpaired) electrons. The molecule has 0 unspecified atom stereocenters. The molecule has 13 nitrogen and oxygen atoms in total. The lowest BCUT2D eigenvalue weighted by Gasteiger charge is -2.41. The number of hydrogen-bond donors (Lipinski definition) is 3. The summed E-state index contributed by atoms with van der Waals surface area (Å²) in [6, 6.07) is 5.08. The smallest absolute Gasteiger partial charge is 0.290 e. The van der Waals surface area contributed by atoms with Crippen molar-refractivity contribution in [1.82, 2.24) is 24.2 Å². The van der Waals surface area contributed by atoms with Crippen LogP contribution in [-0.4, -0.2) is 72.3 Å². The van der Waals surface area contributed by atoms with Gasteiger partial charge in [0.15, 0.2) is 11.6 Å². The highest BCUT2D eigenvalue weighted by Gasteiger charge is 2.44. The highest BCUT2D eigenvalue weighted by atomic mass is 16.4. The lowest BCUT2D eigenvalue weighted by atomic mass is 9.86. The molecule has 1 aliphatic rings. The monoisotopic (exact) mass is 460 g/mol. The van der Waals surface area contributed by atoms with E-state index in [0.29, 0.717) is 37.5 Å². The number of aromatic nitrogens is 4. The lowest BCUT2D eigenvalue weighted by molar-refractivity contribution is -0.127. The highest BCUT2D eigenvalue weighted by Crippen LogP contribution is 2.32. The van der Waals surface area contributed by atoms with Crippen molar-refractivity contribution in [3.63, 3.8) is 0 Å². The van der Waals surface area contributed by atoms with Crippen molar-refractivity contribution in [1.29, 1.82) is 0 Å². The summed E-state index contributed by atoms with van der Waals surface area (Å²) in [5, 5.41) is 20.9. The van der Waals surface area contributed by atoms with Gasteiger partial charge in [-0.25, -0.2) is 4.98 Å². The Morgan fingerprint density at radius 1 is 1.15 bits per heavy atom. The molecule has 0 aliphatic carbocycles. The number of aryl methyl sites for hydroxylation is 1. The van der Waals surface area contributed by atoms with E-state index in [-0.39, 0.29) is 24.8 Å². The zero-order valence-corrected chi connectivity index (χ0v) is 17.8. The largest absolute Gasteiger partial charge is 0.483 e. The number of nitrogens with one attached hydrogen (secondary N) is 1. The van der Waals surface area contributed by atoms with E-state index in [9.17, 15) is 9.59 Å². The molecule has 1 saturated heterocycles. The fraction of sp³-hybridized carbons (Fsp3) is 0.300. The molecule has 0 saturated carbocycles. The molecular weight excluding hydrogens is 436 g/mol.